The molecule has 0 atom stereocenters. The lowest BCUT2D eigenvalue weighted by Gasteiger charge is -2.27. The van der Waals surface area contributed by atoms with Crippen molar-refractivity contribution in [1.29, 1.82) is 0 Å². The number of anilines is 1. The van der Waals surface area contributed by atoms with Gasteiger partial charge in [0.1, 0.15) is 0 Å². The lowest BCUT2D eigenvalue weighted by Crippen LogP contribution is -2.39. The summed E-state index contributed by atoms with van der Waals surface area (Å²) in [7, 11) is 0. The first-order valence-electron chi connectivity index (χ1n) is 9.95. The molecular weight excluding hydrogens is 477 g/mol. The van der Waals surface area contributed by atoms with Gasteiger partial charge in [-0.05, 0) is 55.3 Å². The number of carbonyl (C=O) groups excluding carboxylic acids is 1. The number of benzene rings is 2. The van der Waals surface area contributed by atoms with Crippen molar-refractivity contribution in [2.75, 3.05) is 44.3 Å². The summed E-state index contributed by atoms with van der Waals surface area (Å²) in [5, 5.41) is 1.98. The van der Waals surface area contributed by atoms with Crippen LogP contribution in [0.3, 0.4) is 0 Å². The van der Waals surface area contributed by atoms with Crippen LogP contribution in [0.15, 0.2) is 36.4 Å². The number of amides is 1. The smallest absolute Gasteiger partial charge is 0.260 e. The van der Waals surface area contributed by atoms with Crippen molar-refractivity contribution in [1.82, 2.24) is 9.88 Å². The highest BCUT2D eigenvalue weighted by Gasteiger charge is 2.22. The van der Waals surface area contributed by atoms with Gasteiger partial charge < -0.3 is 4.74 Å². The van der Waals surface area contributed by atoms with Crippen LogP contribution in [0.5, 0.6) is 0 Å². The Balaban J connectivity index is 0.00000272. The molecule has 31 heavy (non-hydrogen) atoms. The molecular formula is C22H24Cl3N3O2S. The number of ether oxygens (including phenoxy) is 1. The maximum Gasteiger partial charge on any atom is 0.260 e. The molecule has 0 unspecified atom stereocenters. The van der Waals surface area contributed by atoms with Gasteiger partial charge in [0.2, 0.25) is 0 Å². The Morgan fingerprint density at radius 2 is 1.87 bits per heavy atom. The van der Waals surface area contributed by atoms with Crippen LogP contribution in [0.25, 0.3) is 10.2 Å². The fourth-order valence-electron chi connectivity index (χ4n) is 3.57. The Hall–Kier alpha value is -1.41. The predicted octanol–water partition coefficient (Wildman–Crippen LogP) is 5.70. The maximum atomic E-state index is 13.4. The zero-order valence-electron chi connectivity index (χ0n) is 17.1. The van der Waals surface area contributed by atoms with E-state index in [1.54, 1.807) is 29.2 Å². The molecule has 3 aromatic rings. The number of hydrogen-bond acceptors (Lipinski definition) is 5. The third-order valence-electron chi connectivity index (χ3n) is 5.17. The predicted molar refractivity (Wildman–Crippen MR) is 132 cm³/mol. The van der Waals surface area contributed by atoms with Crippen molar-refractivity contribution in [3.05, 3.63) is 57.6 Å². The molecule has 0 spiro atoms. The van der Waals surface area contributed by atoms with Gasteiger partial charge in [-0.25, -0.2) is 4.98 Å². The number of aromatic nitrogens is 1. The van der Waals surface area contributed by atoms with Gasteiger partial charge in [0.05, 0.1) is 23.4 Å². The highest BCUT2D eigenvalue weighted by atomic mass is 35.5. The topological polar surface area (TPSA) is 45.7 Å². The average Bonchev–Trinajstić information content (AvgIpc) is 3.16. The highest BCUT2D eigenvalue weighted by molar-refractivity contribution is 7.22. The van der Waals surface area contributed by atoms with E-state index in [2.05, 4.69) is 4.90 Å². The van der Waals surface area contributed by atoms with Gasteiger partial charge in [-0.3, -0.25) is 14.6 Å². The summed E-state index contributed by atoms with van der Waals surface area (Å²) in [6, 6.07) is 10.8. The number of aryl methyl sites for hydroxylation is 1. The summed E-state index contributed by atoms with van der Waals surface area (Å²) >= 11 is 13.7. The first kappa shape index (κ1) is 24.2. The Labute approximate surface area is 202 Å². The zero-order valence-corrected chi connectivity index (χ0v) is 20.3. The first-order chi connectivity index (χ1) is 14.5. The van der Waals surface area contributed by atoms with Crippen LogP contribution in [0.4, 0.5) is 5.13 Å². The number of hydrogen-bond donors (Lipinski definition) is 0. The summed E-state index contributed by atoms with van der Waals surface area (Å²) in [6.45, 7) is 6.90. The molecule has 166 valence electrons. The monoisotopic (exact) mass is 499 g/mol. The summed E-state index contributed by atoms with van der Waals surface area (Å²) in [4.78, 5) is 22.3. The second kappa shape index (κ2) is 10.9. The van der Waals surface area contributed by atoms with E-state index < -0.39 is 0 Å². The largest absolute Gasteiger partial charge is 0.379 e. The zero-order chi connectivity index (χ0) is 21.1. The minimum atomic E-state index is -0.0727. The van der Waals surface area contributed by atoms with Crippen molar-refractivity contribution >= 4 is 68.2 Å². The third kappa shape index (κ3) is 5.89. The first-order valence-corrected chi connectivity index (χ1v) is 11.5. The van der Waals surface area contributed by atoms with E-state index in [1.807, 2.05) is 19.1 Å². The fourth-order valence-corrected chi connectivity index (χ4v) is 5.14. The quantitative estimate of drug-likeness (QED) is 0.435. The van der Waals surface area contributed by atoms with Gasteiger partial charge >= 0.3 is 0 Å². The van der Waals surface area contributed by atoms with Gasteiger partial charge in [-0.1, -0.05) is 34.5 Å². The molecule has 5 nitrogen and oxygen atoms in total. The summed E-state index contributed by atoms with van der Waals surface area (Å²) in [5.41, 5.74) is 2.49. The molecule has 1 saturated heterocycles. The summed E-state index contributed by atoms with van der Waals surface area (Å²) in [5.74, 6) is -0.0727. The summed E-state index contributed by atoms with van der Waals surface area (Å²) in [6.07, 6.45) is 0.856. The van der Waals surface area contributed by atoms with E-state index in [9.17, 15) is 4.79 Å². The van der Waals surface area contributed by atoms with Gasteiger partial charge in [-0.15, -0.1) is 12.4 Å². The normalized spacial score (nSPS) is 14.4. The molecule has 2 heterocycles. The molecule has 1 aliphatic heterocycles. The molecule has 0 radical (unpaired) electrons. The van der Waals surface area contributed by atoms with Crippen LogP contribution < -0.4 is 4.90 Å². The minimum Gasteiger partial charge on any atom is -0.379 e. The number of carbonyl (C=O) groups is 1. The minimum absolute atomic E-state index is 0. The van der Waals surface area contributed by atoms with Crippen molar-refractivity contribution in [3.8, 4) is 0 Å². The number of thiazole rings is 1. The van der Waals surface area contributed by atoms with Crippen molar-refractivity contribution in [2.45, 2.75) is 13.3 Å². The third-order valence-corrected chi connectivity index (χ3v) is 6.66. The molecule has 2 aromatic carbocycles. The Bertz CT molecular complexity index is 1040. The van der Waals surface area contributed by atoms with Crippen molar-refractivity contribution in [2.24, 2.45) is 0 Å². The van der Waals surface area contributed by atoms with E-state index in [0.717, 1.165) is 55.0 Å². The number of halogens is 3. The van der Waals surface area contributed by atoms with Crippen LogP contribution in [-0.4, -0.2) is 55.2 Å². The van der Waals surface area contributed by atoms with Crippen LogP contribution in [0.2, 0.25) is 10.0 Å². The molecule has 1 fully saturated rings. The van der Waals surface area contributed by atoms with E-state index >= 15 is 0 Å². The van der Waals surface area contributed by atoms with Crippen LogP contribution >= 0.6 is 46.9 Å². The van der Waals surface area contributed by atoms with E-state index in [-0.39, 0.29) is 18.3 Å². The van der Waals surface area contributed by atoms with E-state index in [0.29, 0.717) is 27.3 Å². The van der Waals surface area contributed by atoms with Gasteiger partial charge in [0.25, 0.3) is 5.91 Å². The lowest BCUT2D eigenvalue weighted by molar-refractivity contribution is 0.0376. The number of nitrogens with zero attached hydrogens (tertiary/aromatic N) is 3. The van der Waals surface area contributed by atoms with E-state index in [4.69, 9.17) is 32.9 Å². The van der Waals surface area contributed by atoms with Gasteiger partial charge in [0, 0.05) is 41.8 Å². The second-order valence-corrected chi connectivity index (χ2v) is 9.22. The summed E-state index contributed by atoms with van der Waals surface area (Å²) < 4.78 is 6.40. The standard InChI is InChI=1S/C22H23Cl2N3O2S.ClH/c1-15-13-18(24)14-19-20(15)25-22(30-19)27(8-2-7-26-9-11-29-12-10-26)21(28)16-3-5-17(23)6-4-16;/h3-6,13-14H,2,7-12H2,1H3;1H. The van der Waals surface area contributed by atoms with Crippen LogP contribution in [0, 0.1) is 6.92 Å². The number of rotatable bonds is 6. The average molecular weight is 501 g/mol. The molecule has 1 aromatic heterocycles. The molecule has 1 aliphatic rings. The molecule has 0 aliphatic carbocycles. The van der Waals surface area contributed by atoms with Gasteiger partial charge in [-0.2, -0.15) is 0 Å². The maximum absolute atomic E-state index is 13.4. The molecule has 9 heteroatoms. The fraction of sp³-hybridized carbons (Fsp3) is 0.364. The number of fused-ring (bicyclic) bond motifs is 1. The van der Waals surface area contributed by atoms with Crippen LogP contribution in [0.1, 0.15) is 22.3 Å². The van der Waals surface area contributed by atoms with E-state index in [1.165, 1.54) is 11.3 Å². The number of morpholine rings is 1. The molecule has 0 saturated carbocycles. The Morgan fingerprint density at radius 1 is 1.16 bits per heavy atom. The highest BCUT2D eigenvalue weighted by Crippen LogP contribution is 2.33. The molecule has 4 rings (SSSR count). The Morgan fingerprint density at radius 3 is 2.58 bits per heavy atom. The van der Waals surface area contributed by atoms with Crippen LogP contribution in [-0.2, 0) is 4.74 Å². The van der Waals surface area contributed by atoms with Gasteiger partial charge in [0.15, 0.2) is 5.13 Å². The molecule has 0 N–H and O–H groups in total. The van der Waals surface area contributed by atoms with Crippen molar-refractivity contribution < 1.29 is 9.53 Å². The van der Waals surface area contributed by atoms with Crippen molar-refractivity contribution in [3.63, 3.8) is 0 Å². The SMILES string of the molecule is Cc1cc(Cl)cc2sc(N(CCCN3CCOCC3)C(=O)c3ccc(Cl)cc3)nc12.Cl. The molecule has 1 amide bonds. The second-order valence-electron chi connectivity index (χ2n) is 7.34. The Kier molecular flexibility index (Phi) is 8.56. The molecule has 0 bridgehead atoms. The lowest BCUT2D eigenvalue weighted by atomic mass is 10.2.